The quantitative estimate of drug-likeness (QED) is 0.742. The van der Waals surface area contributed by atoms with E-state index in [1.54, 1.807) is 29.1 Å². The lowest BCUT2D eigenvalue weighted by Gasteiger charge is -2.03. The molecule has 0 N–H and O–H groups in total. The Morgan fingerprint density at radius 2 is 2.14 bits per heavy atom. The van der Waals surface area contributed by atoms with Gasteiger partial charge in [-0.05, 0) is 31.0 Å². The summed E-state index contributed by atoms with van der Waals surface area (Å²) in [6.45, 7) is 0.319. The Labute approximate surface area is 126 Å². The summed E-state index contributed by atoms with van der Waals surface area (Å²) in [7, 11) is 0. The van der Waals surface area contributed by atoms with Crippen molar-refractivity contribution in [1.82, 2.24) is 19.7 Å². The largest absolute Gasteiger partial charge is 0.339 e. The highest BCUT2D eigenvalue weighted by molar-refractivity contribution is 5.76. The van der Waals surface area contributed by atoms with Crippen molar-refractivity contribution in [3.8, 4) is 0 Å². The summed E-state index contributed by atoms with van der Waals surface area (Å²) < 4.78 is 6.95. The van der Waals surface area contributed by atoms with Crippen molar-refractivity contribution in [3.63, 3.8) is 0 Å². The third-order valence-electron chi connectivity index (χ3n) is 4.24. The Bertz CT molecular complexity index is 862. The van der Waals surface area contributed by atoms with Gasteiger partial charge in [0, 0.05) is 18.3 Å². The van der Waals surface area contributed by atoms with Crippen LogP contribution in [0, 0.1) is 0 Å². The lowest BCUT2D eigenvalue weighted by Crippen LogP contribution is -2.20. The maximum atomic E-state index is 12.4. The van der Waals surface area contributed by atoms with E-state index < -0.39 is 0 Å². The molecule has 22 heavy (non-hydrogen) atoms. The molecular weight excluding hydrogens is 280 g/mol. The Morgan fingerprint density at radius 1 is 1.27 bits per heavy atom. The molecule has 0 aromatic carbocycles. The van der Waals surface area contributed by atoms with Crippen molar-refractivity contribution in [2.24, 2.45) is 0 Å². The summed E-state index contributed by atoms with van der Waals surface area (Å²) in [4.78, 5) is 21.1. The number of hydrogen-bond donors (Lipinski definition) is 0. The molecule has 0 amide bonds. The molecule has 1 aliphatic carbocycles. The number of hydrogen-bond acceptors (Lipinski definition) is 5. The maximum absolute atomic E-state index is 12.4. The molecule has 0 aliphatic heterocycles. The zero-order valence-electron chi connectivity index (χ0n) is 12.1. The number of aromatic nitrogens is 4. The maximum Gasteiger partial charge on any atom is 0.260 e. The summed E-state index contributed by atoms with van der Waals surface area (Å²) in [5.41, 5.74) is 0.612. The third-order valence-corrected chi connectivity index (χ3v) is 4.24. The molecule has 0 atom stereocenters. The van der Waals surface area contributed by atoms with Crippen LogP contribution in [0.2, 0.25) is 0 Å². The van der Waals surface area contributed by atoms with E-state index in [1.807, 2.05) is 6.07 Å². The van der Waals surface area contributed by atoms with E-state index >= 15 is 0 Å². The summed E-state index contributed by atoms with van der Waals surface area (Å²) in [6.07, 6.45) is 8.08. The smallest absolute Gasteiger partial charge is 0.260 e. The lowest BCUT2D eigenvalue weighted by atomic mass is 10.1. The molecule has 0 unspecified atom stereocenters. The van der Waals surface area contributed by atoms with Crippen LogP contribution in [0.15, 0.2) is 39.9 Å². The van der Waals surface area contributed by atoms with Gasteiger partial charge in [0.15, 0.2) is 5.82 Å². The van der Waals surface area contributed by atoms with Crippen LogP contribution in [-0.2, 0) is 6.54 Å². The predicted octanol–water partition coefficient (Wildman–Crippen LogP) is 2.49. The van der Waals surface area contributed by atoms with Crippen molar-refractivity contribution in [3.05, 3.63) is 52.7 Å². The molecule has 112 valence electrons. The Hall–Kier alpha value is -2.50. The Morgan fingerprint density at radius 3 is 3.00 bits per heavy atom. The van der Waals surface area contributed by atoms with Gasteiger partial charge < -0.3 is 9.09 Å². The highest BCUT2D eigenvalue weighted by Gasteiger charge is 2.23. The number of fused-ring (bicyclic) bond motifs is 1. The molecule has 3 aromatic rings. The average molecular weight is 296 g/mol. The second-order valence-electron chi connectivity index (χ2n) is 5.72. The normalized spacial score (nSPS) is 15.6. The van der Waals surface area contributed by atoms with E-state index in [1.165, 1.54) is 12.8 Å². The average Bonchev–Trinajstić information content (AvgIpc) is 3.21. The lowest BCUT2D eigenvalue weighted by molar-refractivity contribution is 0.349. The number of rotatable bonds is 3. The van der Waals surface area contributed by atoms with E-state index in [9.17, 15) is 4.79 Å². The fourth-order valence-corrected chi connectivity index (χ4v) is 3.06. The van der Waals surface area contributed by atoms with Crippen LogP contribution >= 0.6 is 0 Å². The first-order chi connectivity index (χ1) is 10.8. The van der Waals surface area contributed by atoms with E-state index in [4.69, 9.17) is 4.52 Å². The highest BCUT2D eigenvalue weighted by atomic mass is 16.5. The second kappa shape index (κ2) is 5.36. The van der Waals surface area contributed by atoms with Crippen molar-refractivity contribution >= 4 is 10.9 Å². The van der Waals surface area contributed by atoms with Crippen LogP contribution in [0.4, 0.5) is 0 Å². The van der Waals surface area contributed by atoms with Gasteiger partial charge in [0.2, 0.25) is 5.89 Å². The van der Waals surface area contributed by atoms with Gasteiger partial charge in [-0.2, -0.15) is 4.98 Å². The van der Waals surface area contributed by atoms with E-state index in [2.05, 4.69) is 15.1 Å². The van der Waals surface area contributed by atoms with Gasteiger partial charge >= 0.3 is 0 Å². The van der Waals surface area contributed by atoms with Crippen molar-refractivity contribution in [2.45, 2.75) is 38.1 Å². The standard InChI is InChI=1S/C16H16N4O2/c21-16-12-6-3-8-17-13(12)7-9-20(16)10-14-18-15(22-19-14)11-4-1-2-5-11/h3,6-9,11H,1-2,4-5,10H2. The predicted molar refractivity (Wildman–Crippen MR) is 80.6 cm³/mol. The molecular formula is C16H16N4O2. The van der Waals surface area contributed by atoms with Crippen molar-refractivity contribution < 1.29 is 4.52 Å². The fourth-order valence-electron chi connectivity index (χ4n) is 3.06. The van der Waals surface area contributed by atoms with E-state index in [0.29, 0.717) is 35.1 Å². The first-order valence-corrected chi connectivity index (χ1v) is 7.58. The first kappa shape index (κ1) is 13.2. The summed E-state index contributed by atoms with van der Waals surface area (Å²) in [5, 5.41) is 4.62. The zero-order valence-corrected chi connectivity index (χ0v) is 12.1. The molecule has 0 bridgehead atoms. The van der Waals surface area contributed by atoms with Crippen molar-refractivity contribution in [1.29, 1.82) is 0 Å². The van der Waals surface area contributed by atoms with Crippen LogP contribution in [0.5, 0.6) is 0 Å². The van der Waals surface area contributed by atoms with Gasteiger partial charge in [-0.25, -0.2) is 0 Å². The molecule has 1 aliphatic rings. The number of nitrogens with zero attached hydrogens (tertiary/aromatic N) is 4. The molecule has 0 saturated heterocycles. The highest BCUT2D eigenvalue weighted by Crippen LogP contribution is 2.32. The van der Waals surface area contributed by atoms with E-state index in [0.717, 1.165) is 12.8 Å². The van der Waals surface area contributed by atoms with Gasteiger partial charge in [-0.1, -0.05) is 18.0 Å². The monoisotopic (exact) mass is 296 g/mol. The summed E-state index contributed by atoms with van der Waals surface area (Å²) in [6, 6.07) is 5.37. The molecule has 4 rings (SSSR count). The molecule has 0 radical (unpaired) electrons. The molecule has 1 fully saturated rings. The fraction of sp³-hybridized carbons (Fsp3) is 0.375. The minimum absolute atomic E-state index is 0.0854. The second-order valence-corrected chi connectivity index (χ2v) is 5.72. The molecule has 6 nitrogen and oxygen atoms in total. The van der Waals surface area contributed by atoms with Gasteiger partial charge in [0.05, 0.1) is 17.4 Å². The molecule has 3 heterocycles. The van der Waals surface area contributed by atoms with Crippen LogP contribution < -0.4 is 5.56 Å². The van der Waals surface area contributed by atoms with Gasteiger partial charge in [0.1, 0.15) is 0 Å². The minimum atomic E-state index is -0.0854. The molecule has 3 aromatic heterocycles. The Balaban J connectivity index is 1.63. The third kappa shape index (κ3) is 2.30. The molecule has 0 spiro atoms. The summed E-state index contributed by atoms with van der Waals surface area (Å²) in [5.74, 6) is 1.65. The number of pyridine rings is 2. The SMILES string of the molecule is O=c1c2cccnc2ccn1Cc1noc(C2CCCC2)n1. The molecule has 6 heteroatoms. The van der Waals surface area contributed by atoms with Gasteiger partial charge in [-0.3, -0.25) is 9.78 Å². The zero-order chi connectivity index (χ0) is 14.9. The van der Waals surface area contributed by atoms with Crippen LogP contribution in [0.3, 0.4) is 0 Å². The van der Waals surface area contributed by atoms with E-state index in [-0.39, 0.29) is 5.56 Å². The van der Waals surface area contributed by atoms with Gasteiger partial charge in [0.25, 0.3) is 5.56 Å². The van der Waals surface area contributed by atoms with Gasteiger partial charge in [-0.15, -0.1) is 0 Å². The first-order valence-electron chi connectivity index (χ1n) is 7.58. The van der Waals surface area contributed by atoms with Crippen LogP contribution in [-0.4, -0.2) is 19.7 Å². The van der Waals surface area contributed by atoms with Crippen LogP contribution in [0.1, 0.15) is 43.3 Å². The Kier molecular flexibility index (Phi) is 3.21. The molecule has 1 saturated carbocycles. The topological polar surface area (TPSA) is 73.8 Å². The van der Waals surface area contributed by atoms with Crippen molar-refractivity contribution in [2.75, 3.05) is 0 Å². The van der Waals surface area contributed by atoms with Crippen LogP contribution in [0.25, 0.3) is 10.9 Å². The summed E-state index contributed by atoms with van der Waals surface area (Å²) >= 11 is 0. The minimum Gasteiger partial charge on any atom is -0.339 e.